The van der Waals surface area contributed by atoms with E-state index in [-0.39, 0.29) is 5.41 Å². The first-order valence-corrected chi connectivity index (χ1v) is 8.09. The predicted octanol–water partition coefficient (Wildman–Crippen LogP) is 3.75. The first-order chi connectivity index (χ1) is 11.2. The Balaban J connectivity index is 1.54. The van der Waals surface area contributed by atoms with Crippen LogP contribution in [-0.2, 0) is 12.0 Å². The molecule has 3 rings (SSSR count). The van der Waals surface area contributed by atoms with Crippen molar-refractivity contribution in [1.29, 1.82) is 5.26 Å². The van der Waals surface area contributed by atoms with Crippen LogP contribution in [0.2, 0.25) is 0 Å². The van der Waals surface area contributed by atoms with Crippen molar-refractivity contribution < 1.29 is 4.74 Å². The van der Waals surface area contributed by atoms with Gasteiger partial charge in [-0.05, 0) is 31.5 Å². The van der Waals surface area contributed by atoms with Crippen molar-refractivity contribution in [3.05, 3.63) is 65.7 Å². The van der Waals surface area contributed by atoms with E-state index >= 15 is 0 Å². The molecule has 0 radical (unpaired) electrons. The molecule has 0 atom stereocenters. The number of rotatable bonds is 7. The van der Waals surface area contributed by atoms with Gasteiger partial charge in [-0.2, -0.15) is 5.26 Å². The van der Waals surface area contributed by atoms with Gasteiger partial charge in [-0.15, -0.1) is 0 Å². The van der Waals surface area contributed by atoms with Crippen LogP contribution in [0.4, 0.5) is 0 Å². The smallest absolute Gasteiger partial charge is 0.124 e. The average molecular weight is 306 g/mol. The number of likely N-dealkylation sites (N-methyl/N-ethyl adjacent to an activating group) is 1. The molecular weight excluding hydrogens is 284 g/mol. The Morgan fingerprint density at radius 1 is 1.09 bits per heavy atom. The highest BCUT2D eigenvalue weighted by atomic mass is 16.5. The molecule has 0 unspecified atom stereocenters. The summed E-state index contributed by atoms with van der Waals surface area (Å²) in [6.07, 6.45) is 1.88. The molecule has 1 saturated carbocycles. The van der Waals surface area contributed by atoms with Gasteiger partial charge in [0, 0.05) is 18.7 Å². The average Bonchev–Trinajstić information content (AvgIpc) is 3.37. The van der Waals surface area contributed by atoms with E-state index in [0.29, 0.717) is 6.61 Å². The van der Waals surface area contributed by atoms with Gasteiger partial charge in [0.2, 0.25) is 0 Å². The maximum atomic E-state index is 9.40. The van der Waals surface area contributed by atoms with Crippen LogP contribution in [0.3, 0.4) is 0 Å². The number of nitrogens with zero attached hydrogens (tertiary/aromatic N) is 2. The summed E-state index contributed by atoms with van der Waals surface area (Å²) >= 11 is 0. The van der Waals surface area contributed by atoms with Gasteiger partial charge in [-0.25, -0.2) is 0 Å². The molecule has 1 aliphatic carbocycles. The van der Waals surface area contributed by atoms with Crippen molar-refractivity contribution in [3.8, 4) is 11.8 Å². The van der Waals surface area contributed by atoms with Crippen molar-refractivity contribution in [2.24, 2.45) is 0 Å². The zero-order chi connectivity index (χ0) is 16.1. The maximum absolute atomic E-state index is 9.40. The zero-order valence-electron chi connectivity index (χ0n) is 13.5. The number of para-hydroxylation sites is 1. The summed E-state index contributed by atoms with van der Waals surface area (Å²) in [5, 5.41) is 9.40. The molecule has 2 aromatic rings. The van der Waals surface area contributed by atoms with E-state index in [1.807, 2.05) is 30.3 Å². The van der Waals surface area contributed by atoms with E-state index in [2.05, 4.69) is 42.3 Å². The number of hydrogen-bond acceptors (Lipinski definition) is 3. The SMILES string of the molecule is CN(CCOc1ccccc1C1(C#N)CC1)Cc1ccccc1. The van der Waals surface area contributed by atoms with Crippen LogP contribution in [0.5, 0.6) is 5.75 Å². The lowest BCUT2D eigenvalue weighted by atomic mass is 9.97. The highest BCUT2D eigenvalue weighted by molar-refractivity contribution is 5.47. The molecule has 1 fully saturated rings. The van der Waals surface area contributed by atoms with Gasteiger partial charge < -0.3 is 4.74 Å². The lowest BCUT2D eigenvalue weighted by molar-refractivity contribution is 0.231. The minimum atomic E-state index is -0.299. The van der Waals surface area contributed by atoms with Crippen molar-refractivity contribution in [3.63, 3.8) is 0 Å². The second kappa shape index (κ2) is 6.85. The molecule has 0 heterocycles. The van der Waals surface area contributed by atoms with Gasteiger partial charge in [0.25, 0.3) is 0 Å². The first-order valence-electron chi connectivity index (χ1n) is 8.09. The fraction of sp³-hybridized carbons (Fsp3) is 0.350. The van der Waals surface area contributed by atoms with Crippen LogP contribution in [0, 0.1) is 11.3 Å². The van der Waals surface area contributed by atoms with Crippen LogP contribution in [0.1, 0.15) is 24.0 Å². The van der Waals surface area contributed by atoms with Gasteiger partial charge in [0.1, 0.15) is 12.4 Å². The summed E-state index contributed by atoms with van der Waals surface area (Å²) in [6, 6.07) is 20.8. The van der Waals surface area contributed by atoms with Crippen molar-refractivity contribution in [2.45, 2.75) is 24.8 Å². The standard InChI is InChI=1S/C20H22N2O/c1-22(15-17-7-3-2-4-8-17)13-14-23-19-10-6-5-9-18(19)20(16-21)11-12-20/h2-10H,11-15H2,1H3. The Bertz CT molecular complexity index is 686. The summed E-state index contributed by atoms with van der Waals surface area (Å²) in [7, 11) is 2.10. The Kier molecular flexibility index (Phi) is 4.64. The summed E-state index contributed by atoms with van der Waals surface area (Å²) in [4.78, 5) is 2.25. The molecule has 1 aliphatic rings. The van der Waals surface area contributed by atoms with Crippen LogP contribution in [0.15, 0.2) is 54.6 Å². The number of nitriles is 1. The number of ether oxygens (including phenoxy) is 1. The van der Waals surface area contributed by atoms with Crippen molar-refractivity contribution >= 4 is 0 Å². The minimum Gasteiger partial charge on any atom is -0.492 e. The zero-order valence-corrected chi connectivity index (χ0v) is 13.5. The number of benzene rings is 2. The van der Waals surface area contributed by atoms with Crippen LogP contribution >= 0.6 is 0 Å². The van der Waals surface area contributed by atoms with E-state index in [9.17, 15) is 5.26 Å². The molecule has 0 N–H and O–H groups in total. The summed E-state index contributed by atoms with van der Waals surface area (Å²) in [5.74, 6) is 0.861. The second-order valence-electron chi connectivity index (χ2n) is 6.26. The van der Waals surface area contributed by atoms with E-state index in [1.165, 1.54) is 5.56 Å². The molecule has 0 bridgehead atoms. The normalized spacial score (nSPS) is 15.2. The fourth-order valence-corrected chi connectivity index (χ4v) is 2.84. The summed E-state index contributed by atoms with van der Waals surface area (Å²) < 4.78 is 5.98. The predicted molar refractivity (Wildman–Crippen MR) is 91.2 cm³/mol. The van der Waals surface area contributed by atoms with E-state index in [4.69, 9.17) is 4.74 Å². The highest BCUT2D eigenvalue weighted by Gasteiger charge is 2.46. The van der Waals surface area contributed by atoms with E-state index < -0.39 is 0 Å². The fourth-order valence-electron chi connectivity index (χ4n) is 2.84. The number of hydrogen-bond donors (Lipinski definition) is 0. The van der Waals surface area contributed by atoms with Gasteiger partial charge in [0.05, 0.1) is 11.5 Å². The van der Waals surface area contributed by atoms with Gasteiger partial charge >= 0.3 is 0 Å². The summed E-state index contributed by atoms with van der Waals surface area (Å²) in [6.45, 7) is 2.39. The Morgan fingerprint density at radius 3 is 2.48 bits per heavy atom. The van der Waals surface area contributed by atoms with E-state index in [1.54, 1.807) is 0 Å². The lowest BCUT2D eigenvalue weighted by Crippen LogP contribution is -2.24. The Hall–Kier alpha value is -2.31. The lowest BCUT2D eigenvalue weighted by Gasteiger charge is -2.19. The monoisotopic (exact) mass is 306 g/mol. The molecule has 0 amide bonds. The molecule has 0 saturated heterocycles. The van der Waals surface area contributed by atoms with Gasteiger partial charge in [-0.1, -0.05) is 48.5 Å². The maximum Gasteiger partial charge on any atom is 0.124 e. The molecular formula is C20H22N2O. The van der Waals surface area contributed by atoms with Crippen LogP contribution in [-0.4, -0.2) is 25.1 Å². The third-order valence-electron chi connectivity index (χ3n) is 4.39. The molecule has 3 heteroatoms. The Labute approximate surface area is 138 Å². The summed E-state index contributed by atoms with van der Waals surface area (Å²) in [5.41, 5.74) is 2.05. The third kappa shape index (κ3) is 3.72. The van der Waals surface area contributed by atoms with Crippen LogP contribution < -0.4 is 4.74 Å². The van der Waals surface area contributed by atoms with Crippen molar-refractivity contribution in [2.75, 3.05) is 20.2 Å². The molecule has 0 spiro atoms. The molecule has 0 aliphatic heterocycles. The largest absolute Gasteiger partial charge is 0.492 e. The van der Waals surface area contributed by atoms with Gasteiger partial charge in [0.15, 0.2) is 0 Å². The molecule has 118 valence electrons. The Morgan fingerprint density at radius 2 is 1.78 bits per heavy atom. The van der Waals surface area contributed by atoms with Gasteiger partial charge in [-0.3, -0.25) is 4.90 Å². The first kappa shape index (κ1) is 15.6. The second-order valence-corrected chi connectivity index (χ2v) is 6.26. The molecule has 2 aromatic carbocycles. The quantitative estimate of drug-likeness (QED) is 0.781. The van der Waals surface area contributed by atoms with E-state index in [0.717, 1.165) is 37.2 Å². The molecule has 0 aromatic heterocycles. The van der Waals surface area contributed by atoms with Crippen LogP contribution in [0.25, 0.3) is 0 Å². The topological polar surface area (TPSA) is 36.3 Å². The third-order valence-corrected chi connectivity index (χ3v) is 4.39. The van der Waals surface area contributed by atoms with Crippen molar-refractivity contribution in [1.82, 2.24) is 4.90 Å². The molecule has 23 heavy (non-hydrogen) atoms. The minimum absolute atomic E-state index is 0.299. The molecule has 3 nitrogen and oxygen atoms in total. The highest BCUT2D eigenvalue weighted by Crippen LogP contribution is 2.50.